The molecule has 3 aromatic rings. The van der Waals surface area contributed by atoms with Crippen molar-refractivity contribution in [2.24, 2.45) is 12.0 Å². The van der Waals surface area contributed by atoms with Crippen molar-refractivity contribution >= 4 is 29.9 Å². The Morgan fingerprint density at radius 2 is 1.88 bits per heavy atom. The number of aromatic nitrogens is 4. The van der Waals surface area contributed by atoms with E-state index in [1.165, 1.54) is 6.33 Å². The number of guanidine groups is 1. The van der Waals surface area contributed by atoms with Crippen LogP contribution in [0.15, 0.2) is 53.9 Å². The van der Waals surface area contributed by atoms with Gasteiger partial charge in [0.05, 0.1) is 19.7 Å². The van der Waals surface area contributed by atoms with Gasteiger partial charge in [0.1, 0.15) is 12.2 Å². The third kappa shape index (κ3) is 7.36. The highest BCUT2D eigenvalue weighted by Gasteiger charge is 2.11. The number of hydrogen-bond acceptors (Lipinski definition) is 6. The molecule has 172 valence electrons. The molecular formula is C22H30IN7O2. The van der Waals surface area contributed by atoms with Crippen molar-refractivity contribution in [2.75, 3.05) is 13.2 Å². The molecule has 9 nitrogen and oxygen atoms in total. The molecule has 1 aromatic carbocycles. The highest BCUT2D eigenvalue weighted by molar-refractivity contribution is 14.0. The van der Waals surface area contributed by atoms with Crippen molar-refractivity contribution in [3.8, 4) is 17.4 Å². The zero-order chi connectivity index (χ0) is 21.9. The van der Waals surface area contributed by atoms with E-state index in [4.69, 9.17) is 9.47 Å². The average Bonchev–Trinajstić information content (AvgIpc) is 3.20. The molecule has 0 radical (unpaired) electrons. The summed E-state index contributed by atoms with van der Waals surface area (Å²) in [5.41, 5.74) is 0.864. The quantitative estimate of drug-likeness (QED) is 0.226. The number of rotatable bonds is 10. The monoisotopic (exact) mass is 551 g/mol. The molecule has 32 heavy (non-hydrogen) atoms. The highest BCUT2D eigenvalue weighted by Crippen LogP contribution is 2.32. The molecule has 0 atom stereocenters. The van der Waals surface area contributed by atoms with Gasteiger partial charge >= 0.3 is 0 Å². The summed E-state index contributed by atoms with van der Waals surface area (Å²) < 4.78 is 13.6. The minimum absolute atomic E-state index is 0. The molecule has 3 rings (SSSR count). The summed E-state index contributed by atoms with van der Waals surface area (Å²) >= 11 is 0. The number of aliphatic imine (C=N–C) groups is 1. The number of halogens is 1. The fourth-order valence-corrected chi connectivity index (χ4v) is 2.76. The maximum absolute atomic E-state index is 6.10. The lowest BCUT2D eigenvalue weighted by Gasteiger charge is -2.14. The van der Waals surface area contributed by atoms with Crippen molar-refractivity contribution in [1.29, 1.82) is 0 Å². The van der Waals surface area contributed by atoms with E-state index < -0.39 is 0 Å². The fourth-order valence-electron chi connectivity index (χ4n) is 2.76. The van der Waals surface area contributed by atoms with E-state index in [-0.39, 0.29) is 24.0 Å². The first-order chi connectivity index (χ1) is 15.2. The molecular weight excluding hydrogens is 521 g/mol. The fraction of sp³-hybridized carbons (Fsp3) is 0.364. The van der Waals surface area contributed by atoms with Crippen molar-refractivity contribution < 1.29 is 9.47 Å². The zero-order valence-corrected chi connectivity index (χ0v) is 20.9. The summed E-state index contributed by atoms with van der Waals surface area (Å²) in [7, 11) is 1.86. The van der Waals surface area contributed by atoms with E-state index in [1.54, 1.807) is 10.9 Å². The average molecular weight is 551 g/mol. The maximum atomic E-state index is 6.10. The van der Waals surface area contributed by atoms with Crippen LogP contribution in [0.1, 0.15) is 31.7 Å². The van der Waals surface area contributed by atoms with E-state index in [1.807, 2.05) is 50.4 Å². The van der Waals surface area contributed by atoms with Gasteiger partial charge in [-0.3, -0.25) is 4.68 Å². The molecule has 0 aliphatic rings. The number of ether oxygens (including phenoxy) is 2. The van der Waals surface area contributed by atoms with Crippen LogP contribution in [0.5, 0.6) is 17.4 Å². The van der Waals surface area contributed by atoms with E-state index >= 15 is 0 Å². The van der Waals surface area contributed by atoms with Gasteiger partial charge in [0.15, 0.2) is 17.5 Å². The minimum atomic E-state index is 0. The maximum Gasteiger partial charge on any atom is 0.224 e. The second kappa shape index (κ2) is 13.5. The molecule has 0 spiro atoms. The SMILES string of the molecule is CCCOc1ccccc1Oc1ncccc1CN=C(NCC)NCc1ncnn1C.I. The van der Waals surface area contributed by atoms with Crippen LogP contribution in [0.3, 0.4) is 0 Å². The predicted octanol–water partition coefficient (Wildman–Crippen LogP) is 3.66. The first kappa shape index (κ1) is 25.4. The van der Waals surface area contributed by atoms with E-state index in [0.717, 1.165) is 24.4 Å². The lowest BCUT2D eigenvalue weighted by Crippen LogP contribution is -2.37. The zero-order valence-electron chi connectivity index (χ0n) is 18.6. The van der Waals surface area contributed by atoms with Crippen LogP contribution in [0.2, 0.25) is 0 Å². The van der Waals surface area contributed by atoms with Crippen LogP contribution in [0, 0.1) is 0 Å². The van der Waals surface area contributed by atoms with Crippen molar-refractivity contribution in [1.82, 2.24) is 30.4 Å². The summed E-state index contributed by atoms with van der Waals surface area (Å²) in [6.45, 7) is 6.37. The van der Waals surface area contributed by atoms with Crippen LogP contribution in [-0.2, 0) is 20.1 Å². The number of aryl methyl sites for hydroxylation is 1. The lowest BCUT2D eigenvalue weighted by atomic mass is 10.2. The number of nitrogens with zero attached hydrogens (tertiary/aromatic N) is 5. The van der Waals surface area contributed by atoms with Gasteiger partial charge in [0.2, 0.25) is 5.88 Å². The summed E-state index contributed by atoms with van der Waals surface area (Å²) in [5.74, 6) is 3.32. The van der Waals surface area contributed by atoms with Crippen molar-refractivity contribution in [3.63, 3.8) is 0 Å². The van der Waals surface area contributed by atoms with E-state index in [2.05, 4.69) is 37.6 Å². The Balaban J connectivity index is 0.00000363. The second-order valence-corrected chi connectivity index (χ2v) is 6.71. The Hall–Kier alpha value is -2.89. The van der Waals surface area contributed by atoms with Gasteiger partial charge in [-0.05, 0) is 31.5 Å². The Morgan fingerprint density at radius 1 is 1.06 bits per heavy atom. The van der Waals surface area contributed by atoms with Crippen molar-refractivity contribution in [2.45, 2.75) is 33.4 Å². The topological polar surface area (TPSA) is 98.5 Å². The Labute approximate surface area is 205 Å². The van der Waals surface area contributed by atoms with E-state index in [0.29, 0.717) is 43.0 Å². The number of nitrogens with one attached hydrogen (secondary N) is 2. The summed E-state index contributed by atoms with van der Waals surface area (Å²) in [6.07, 6.45) is 4.16. The number of benzene rings is 1. The van der Waals surface area contributed by atoms with Gasteiger partial charge in [-0.15, -0.1) is 24.0 Å². The lowest BCUT2D eigenvalue weighted by molar-refractivity contribution is 0.300. The van der Waals surface area contributed by atoms with Gasteiger partial charge < -0.3 is 20.1 Å². The predicted molar refractivity (Wildman–Crippen MR) is 135 cm³/mol. The third-order valence-corrected chi connectivity index (χ3v) is 4.34. The first-order valence-corrected chi connectivity index (χ1v) is 10.4. The second-order valence-electron chi connectivity index (χ2n) is 6.71. The standard InChI is InChI=1S/C22H29N7O2.HI/c1-4-13-30-18-10-6-7-11-19(18)31-21-17(9-8-12-24-21)14-25-22(23-5-2)26-15-20-27-16-28-29(20)3;/h6-12,16H,4-5,13-15H2,1-3H3,(H2,23,25,26);1H. The first-order valence-electron chi connectivity index (χ1n) is 10.4. The number of para-hydroxylation sites is 2. The van der Waals surface area contributed by atoms with Gasteiger partial charge in [0.25, 0.3) is 0 Å². The van der Waals surface area contributed by atoms with E-state index in [9.17, 15) is 0 Å². The molecule has 2 N–H and O–H groups in total. The van der Waals surface area contributed by atoms with Crippen molar-refractivity contribution in [3.05, 3.63) is 60.3 Å². The molecule has 0 aliphatic carbocycles. The molecule has 0 unspecified atom stereocenters. The van der Waals surface area contributed by atoms with Gasteiger partial charge in [-0.1, -0.05) is 25.1 Å². The molecule has 0 amide bonds. The summed E-state index contributed by atoms with van der Waals surface area (Å²) in [5, 5.41) is 10.6. The molecule has 10 heteroatoms. The van der Waals surface area contributed by atoms with Crippen LogP contribution in [0.25, 0.3) is 0 Å². The third-order valence-electron chi connectivity index (χ3n) is 4.34. The molecule has 2 heterocycles. The Kier molecular flexibility index (Phi) is 10.7. The molecule has 0 fully saturated rings. The number of pyridine rings is 1. The van der Waals surface area contributed by atoms with Crippen LogP contribution in [0.4, 0.5) is 0 Å². The highest BCUT2D eigenvalue weighted by atomic mass is 127. The van der Waals surface area contributed by atoms with Crippen LogP contribution >= 0.6 is 24.0 Å². The minimum Gasteiger partial charge on any atom is -0.490 e. The van der Waals surface area contributed by atoms with Gasteiger partial charge in [0, 0.05) is 25.4 Å². The Morgan fingerprint density at radius 3 is 2.59 bits per heavy atom. The number of hydrogen-bond donors (Lipinski definition) is 2. The molecule has 0 bridgehead atoms. The molecule has 2 aromatic heterocycles. The smallest absolute Gasteiger partial charge is 0.224 e. The van der Waals surface area contributed by atoms with Gasteiger partial charge in [-0.25, -0.2) is 15.0 Å². The molecule has 0 saturated carbocycles. The Bertz CT molecular complexity index is 994. The summed E-state index contributed by atoms with van der Waals surface area (Å²) in [6, 6.07) is 11.4. The van der Waals surface area contributed by atoms with Crippen LogP contribution in [-0.4, -0.2) is 38.9 Å². The molecule has 0 saturated heterocycles. The van der Waals surface area contributed by atoms with Crippen LogP contribution < -0.4 is 20.1 Å². The largest absolute Gasteiger partial charge is 0.490 e. The normalized spacial score (nSPS) is 10.9. The molecule has 0 aliphatic heterocycles. The van der Waals surface area contributed by atoms with Gasteiger partial charge in [-0.2, -0.15) is 5.10 Å². The summed E-state index contributed by atoms with van der Waals surface area (Å²) in [4.78, 5) is 13.3.